The van der Waals surface area contributed by atoms with Crippen LogP contribution in [-0.2, 0) is 14.7 Å². The maximum absolute atomic E-state index is 10.3. The first-order valence-electron chi connectivity index (χ1n) is 3.96. The summed E-state index contributed by atoms with van der Waals surface area (Å²) in [7, 11) is -4.60. The molecule has 1 aromatic heterocycles. The molecule has 0 aliphatic rings. The minimum Gasteiger partial charge on any atom is -0.358 e. The van der Waals surface area contributed by atoms with E-state index in [9.17, 15) is 8.42 Å². The van der Waals surface area contributed by atoms with Crippen LogP contribution >= 0.6 is 0 Å². The van der Waals surface area contributed by atoms with Crippen molar-refractivity contribution in [3.05, 3.63) is 30.5 Å². The number of para-hydroxylation sites is 1. The first kappa shape index (κ1) is 9.97. The van der Waals surface area contributed by atoms with Crippen molar-refractivity contribution >= 4 is 21.3 Å². The van der Waals surface area contributed by atoms with E-state index in [0.717, 1.165) is 5.52 Å². The van der Waals surface area contributed by atoms with Gasteiger partial charge in [-0.05, 0) is 16.5 Å². The zero-order valence-corrected chi connectivity index (χ0v) is 8.19. The molecule has 0 unspecified atom stereocenters. The third-order valence-corrected chi connectivity index (χ3v) is 2.00. The van der Waals surface area contributed by atoms with E-state index in [1.54, 1.807) is 18.2 Å². The summed E-state index contributed by atoms with van der Waals surface area (Å²) in [4.78, 5) is 7.30. The number of rotatable bonds is 3. The van der Waals surface area contributed by atoms with Crippen molar-refractivity contribution in [2.24, 2.45) is 0 Å². The second-order valence-electron chi connectivity index (χ2n) is 2.78. The van der Waals surface area contributed by atoms with Gasteiger partial charge in [0, 0.05) is 17.1 Å². The molecule has 1 heterocycles. The van der Waals surface area contributed by atoms with Crippen LogP contribution in [-0.4, -0.2) is 18.0 Å². The van der Waals surface area contributed by atoms with Crippen LogP contribution in [0.15, 0.2) is 30.5 Å². The van der Waals surface area contributed by atoms with E-state index in [1.165, 1.54) is 6.20 Å². The van der Waals surface area contributed by atoms with Gasteiger partial charge in [0.05, 0.1) is 0 Å². The van der Waals surface area contributed by atoms with E-state index in [-0.39, 0.29) is 5.75 Å². The van der Waals surface area contributed by atoms with Gasteiger partial charge in [-0.2, -0.15) is 8.42 Å². The molecule has 0 aliphatic heterocycles. The van der Waals surface area contributed by atoms with Gasteiger partial charge in [0.1, 0.15) is 0 Å². The fourth-order valence-electron chi connectivity index (χ4n) is 1.19. The molecule has 0 aliphatic carbocycles. The first-order chi connectivity index (χ1) is 7.06. The molecule has 0 radical (unpaired) electrons. The largest absolute Gasteiger partial charge is 0.432 e. The lowest BCUT2D eigenvalue weighted by Crippen LogP contribution is -2.06. The Hall–Kier alpha value is -1.57. The number of hydrogen-bond donors (Lipinski definition) is 2. The summed E-state index contributed by atoms with van der Waals surface area (Å²) in [6, 6.07) is 7.08. The maximum Gasteiger partial charge on any atom is 0.432 e. The predicted molar refractivity (Wildman–Crippen MR) is 51.6 cm³/mol. The summed E-state index contributed by atoms with van der Waals surface area (Å²) in [5.74, 6) is 0.184. The number of aromatic amines is 1. The number of H-pyrrole nitrogens is 1. The van der Waals surface area contributed by atoms with Crippen LogP contribution in [0.25, 0.3) is 10.9 Å². The van der Waals surface area contributed by atoms with Crippen LogP contribution in [0.4, 0.5) is 0 Å². The smallest absolute Gasteiger partial charge is 0.358 e. The molecule has 6 nitrogen and oxygen atoms in total. The van der Waals surface area contributed by atoms with Crippen molar-refractivity contribution in [1.82, 2.24) is 4.98 Å². The normalized spacial score (nSPS) is 11.8. The number of nitrogens with one attached hydrogen (secondary N) is 1. The minimum absolute atomic E-state index is 0.184. The lowest BCUT2D eigenvalue weighted by Gasteiger charge is -1.98. The molecule has 0 amide bonds. The standard InChI is InChI=1S/C8H7NO5S/c10-15(11,12)14-13-8-5-9-7-4-2-1-3-6(7)8/h1-5,9H,(H,10,11,12). The van der Waals surface area contributed by atoms with Crippen LogP contribution in [0.1, 0.15) is 0 Å². The highest BCUT2D eigenvalue weighted by Gasteiger charge is 2.10. The Bertz CT molecular complexity index is 573. The lowest BCUT2D eigenvalue weighted by molar-refractivity contribution is -0.101. The molecule has 0 saturated carbocycles. The van der Waals surface area contributed by atoms with Gasteiger partial charge in [-0.25, -0.2) is 0 Å². The average Bonchev–Trinajstić information content (AvgIpc) is 2.57. The first-order valence-corrected chi connectivity index (χ1v) is 5.32. The molecule has 0 fully saturated rings. The Labute approximate surface area is 85.3 Å². The Balaban J connectivity index is 2.29. The number of benzene rings is 1. The van der Waals surface area contributed by atoms with Crippen molar-refractivity contribution in [3.8, 4) is 5.75 Å². The Morgan fingerprint density at radius 1 is 1.27 bits per heavy atom. The SMILES string of the molecule is O=S(=O)(O)OOc1c[nH]c2ccccc12. The van der Waals surface area contributed by atoms with E-state index in [1.807, 2.05) is 6.07 Å². The van der Waals surface area contributed by atoms with E-state index < -0.39 is 10.4 Å². The fourth-order valence-corrected chi connectivity index (χ4v) is 1.35. The van der Waals surface area contributed by atoms with E-state index >= 15 is 0 Å². The highest BCUT2D eigenvalue weighted by Crippen LogP contribution is 2.25. The van der Waals surface area contributed by atoms with Gasteiger partial charge >= 0.3 is 10.4 Å². The summed E-state index contributed by atoms with van der Waals surface area (Å²) in [6.07, 6.45) is 1.43. The fraction of sp³-hybridized carbons (Fsp3) is 0. The summed E-state index contributed by atoms with van der Waals surface area (Å²) in [6.45, 7) is 0. The third-order valence-electron chi connectivity index (χ3n) is 1.76. The average molecular weight is 229 g/mol. The predicted octanol–water partition coefficient (Wildman–Crippen LogP) is 1.28. The maximum atomic E-state index is 10.3. The van der Waals surface area contributed by atoms with Crippen LogP contribution in [0.2, 0.25) is 0 Å². The molecule has 7 heteroatoms. The van der Waals surface area contributed by atoms with Crippen LogP contribution in [0.5, 0.6) is 5.75 Å². The highest BCUT2D eigenvalue weighted by molar-refractivity contribution is 7.80. The Morgan fingerprint density at radius 2 is 2.00 bits per heavy atom. The van der Waals surface area contributed by atoms with Crippen LogP contribution < -0.4 is 4.89 Å². The third kappa shape index (κ3) is 2.27. The number of aromatic nitrogens is 1. The van der Waals surface area contributed by atoms with Gasteiger partial charge < -0.3 is 9.87 Å². The summed E-state index contributed by atoms with van der Waals surface area (Å²) < 4.78 is 32.6. The number of hydrogen-bond acceptors (Lipinski definition) is 4. The monoisotopic (exact) mass is 229 g/mol. The van der Waals surface area contributed by atoms with Crippen LogP contribution in [0.3, 0.4) is 0 Å². The molecule has 0 atom stereocenters. The molecule has 0 spiro atoms. The highest BCUT2D eigenvalue weighted by atomic mass is 32.3. The van der Waals surface area contributed by atoms with Gasteiger partial charge in [0.2, 0.25) is 0 Å². The van der Waals surface area contributed by atoms with Gasteiger partial charge in [0.15, 0.2) is 5.75 Å². The topological polar surface area (TPSA) is 88.6 Å². The molecule has 0 saturated heterocycles. The van der Waals surface area contributed by atoms with Crippen molar-refractivity contribution < 1.29 is 22.2 Å². The van der Waals surface area contributed by atoms with Crippen molar-refractivity contribution in [3.63, 3.8) is 0 Å². The van der Waals surface area contributed by atoms with E-state index in [0.29, 0.717) is 5.39 Å². The van der Waals surface area contributed by atoms with Gasteiger partial charge in [-0.3, -0.25) is 4.55 Å². The quantitative estimate of drug-likeness (QED) is 0.470. The molecule has 2 rings (SSSR count). The zero-order chi connectivity index (χ0) is 10.9. The molecule has 80 valence electrons. The summed E-state index contributed by atoms with van der Waals surface area (Å²) in [5.41, 5.74) is 0.770. The molecule has 2 N–H and O–H groups in total. The molecule has 0 bridgehead atoms. The summed E-state index contributed by atoms with van der Waals surface area (Å²) in [5, 5.41) is 0.654. The lowest BCUT2D eigenvalue weighted by atomic mass is 10.2. The Morgan fingerprint density at radius 3 is 2.73 bits per heavy atom. The number of fused-ring (bicyclic) bond motifs is 1. The van der Waals surface area contributed by atoms with Crippen molar-refractivity contribution in [1.29, 1.82) is 0 Å². The second kappa shape index (κ2) is 3.54. The second-order valence-corrected chi connectivity index (χ2v) is 3.77. The molecule has 1 aromatic carbocycles. The molecular weight excluding hydrogens is 222 g/mol. The van der Waals surface area contributed by atoms with Gasteiger partial charge in [-0.1, -0.05) is 12.1 Å². The van der Waals surface area contributed by atoms with E-state index in [4.69, 9.17) is 4.55 Å². The summed E-state index contributed by atoms with van der Waals surface area (Å²) >= 11 is 0. The van der Waals surface area contributed by atoms with Gasteiger partial charge in [-0.15, -0.1) is 0 Å². The van der Waals surface area contributed by atoms with E-state index in [2.05, 4.69) is 14.2 Å². The Kier molecular flexibility index (Phi) is 2.35. The van der Waals surface area contributed by atoms with Crippen molar-refractivity contribution in [2.75, 3.05) is 0 Å². The molecular formula is C8H7NO5S. The molecule has 2 aromatic rings. The molecule has 15 heavy (non-hydrogen) atoms. The van der Waals surface area contributed by atoms with Crippen molar-refractivity contribution in [2.45, 2.75) is 0 Å². The van der Waals surface area contributed by atoms with Crippen LogP contribution in [0, 0.1) is 0 Å². The zero-order valence-electron chi connectivity index (χ0n) is 7.38. The van der Waals surface area contributed by atoms with Gasteiger partial charge in [0.25, 0.3) is 0 Å². The minimum atomic E-state index is -4.60.